The molecule has 0 amide bonds. The maximum absolute atomic E-state index is 11.2. The first-order valence-corrected chi connectivity index (χ1v) is 10.1. The van der Waals surface area contributed by atoms with Crippen LogP contribution in [-0.2, 0) is 9.53 Å². The van der Waals surface area contributed by atoms with Crippen molar-refractivity contribution in [3.8, 4) is 0 Å². The normalized spacial score (nSPS) is 12.8. The number of hydrogen-bond donors (Lipinski definition) is 1. The van der Waals surface area contributed by atoms with E-state index >= 15 is 0 Å². The van der Waals surface area contributed by atoms with E-state index in [1.54, 1.807) is 0 Å². The Bertz CT molecular complexity index is 510. The number of carbonyl (C=O) groups excluding carboxylic acids is 1. The SMILES string of the molecule is CC/C=C\C/C=C\C/C=C\C/C=C\C/C=C\C/C=C\CCC(=O)OCCN. The number of rotatable bonds is 16. The largest absolute Gasteiger partial charge is 0.464 e. The van der Waals surface area contributed by atoms with E-state index in [4.69, 9.17) is 10.5 Å². The van der Waals surface area contributed by atoms with Crippen LogP contribution in [0.1, 0.15) is 58.3 Å². The van der Waals surface area contributed by atoms with Crippen molar-refractivity contribution in [3.63, 3.8) is 0 Å². The maximum atomic E-state index is 11.2. The Morgan fingerprint density at radius 1 is 0.704 bits per heavy atom. The second kappa shape index (κ2) is 21.9. The van der Waals surface area contributed by atoms with Gasteiger partial charge in [0, 0.05) is 13.0 Å². The van der Waals surface area contributed by atoms with Crippen LogP contribution in [-0.4, -0.2) is 19.1 Å². The Kier molecular flexibility index (Phi) is 20.2. The molecular formula is C24H37NO2. The summed E-state index contributed by atoms with van der Waals surface area (Å²) in [5.74, 6) is -0.181. The van der Waals surface area contributed by atoms with Gasteiger partial charge in [-0.3, -0.25) is 4.79 Å². The summed E-state index contributed by atoms with van der Waals surface area (Å²) >= 11 is 0. The maximum Gasteiger partial charge on any atom is 0.306 e. The van der Waals surface area contributed by atoms with Crippen molar-refractivity contribution < 1.29 is 9.53 Å². The van der Waals surface area contributed by atoms with Gasteiger partial charge in [-0.2, -0.15) is 0 Å². The smallest absolute Gasteiger partial charge is 0.306 e. The van der Waals surface area contributed by atoms with E-state index in [1.807, 2.05) is 6.08 Å². The number of carbonyl (C=O) groups is 1. The first kappa shape index (κ1) is 24.9. The van der Waals surface area contributed by atoms with Gasteiger partial charge in [0.25, 0.3) is 0 Å². The fraction of sp³-hybridized carbons (Fsp3) is 0.458. The molecule has 0 aliphatic rings. The Hall–Kier alpha value is -2.13. The standard InChI is InChI=1S/C24H37NO2/c1-2-3-4-5-6-7-8-9-10-11-12-13-14-15-16-17-18-19-20-21-24(26)27-23-22-25/h3-4,6-7,9-10,12-13,15-16,18-19H,2,5,8,11,14,17,20-23,25H2,1H3/b4-3-,7-6-,10-9-,13-12-,16-15-,19-18-. The molecule has 0 aromatic heterocycles. The molecule has 0 aromatic rings. The van der Waals surface area contributed by atoms with Crippen molar-refractivity contribution in [2.24, 2.45) is 5.73 Å². The average Bonchev–Trinajstić information content (AvgIpc) is 2.68. The third-order valence-corrected chi connectivity index (χ3v) is 3.49. The molecule has 27 heavy (non-hydrogen) atoms. The third kappa shape index (κ3) is 21.8. The third-order valence-electron chi connectivity index (χ3n) is 3.49. The lowest BCUT2D eigenvalue weighted by Gasteiger charge is -1.99. The summed E-state index contributed by atoms with van der Waals surface area (Å²) < 4.78 is 4.90. The quantitative estimate of drug-likeness (QED) is 0.269. The topological polar surface area (TPSA) is 52.3 Å². The number of esters is 1. The molecule has 3 nitrogen and oxygen atoms in total. The van der Waals surface area contributed by atoms with Crippen LogP contribution in [0.25, 0.3) is 0 Å². The van der Waals surface area contributed by atoms with Crippen molar-refractivity contribution in [1.82, 2.24) is 0 Å². The summed E-state index contributed by atoms with van der Waals surface area (Å²) in [6.45, 7) is 2.84. The Morgan fingerprint density at radius 3 is 1.52 bits per heavy atom. The predicted octanol–water partition coefficient (Wildman–Crippen LogP) is 5.97. The molecule has 0 heterocycles. The fourth-order valence-corrected chi connectivity index (χ4v) is 2.09. The van der Waals surface area contributed by atoms with E-state index in [2.05, 4.69) is 73.8 Å². The average molecular weight is 372 g/mol. The van der Waals surface area contributed by atoms with Gasteiger partial charge in [-0.25, -0.2) is 0 Å². The van der Waals surface area contributed by atoms with Gasteiger partial charge in [0.1, 0.15) is 6.61 Å². The number of ether oxygens (including phenoxy) is 1. The van der Waals surface area contributed by atoms with Crippen molar-refractivity contribution in [2.45, 2.75) is 58.3 Å². The minimum Gasteiger partial charge on any atom is -0.464 e. The van der Waals surface area contributed by atoms with Gasteiger partial charge in [-0.15, -0.1) is 0 Å². The molecule has 0 unspecified atom stereocenters. The highest BCUT2D eigenvalue weighted by Gasteiger charge is 1.98. The highest BCUT2D eigenvalue weighted by Crippen LogP contribution is 1.98. The molecule has 2 N–H and O–H groups in total. The first-order valence-electron chi connectivity index (χ1n) is 10.1. The van der Waals surface area contributed by atoms with Crippen LogP contribution in [0, 0.1) is 0 Å². The van der Waals surface area contributed by atoms with Gasteiger partial charge in [0.15, 0.2) is 0 Å². The van der Waals surface area contributed by atoms with E-state index in [9.17, 15) is 4.79 Å². The van der Waals surface area contributed by atoms with Crippen molar-refractivity contribution in [1.29, 1.82) is 0 Å². The van der Waals surface area contributed by atoms with Gasteiger partial charge in [-0.05, 0) is 44.9 Å². The summed E-state index contributed by atoms with van der Waals surface area (Å²) in [4.78, 5) is 11.2. The van der Waals surface area contributed by atoms with Crippen LogP contribution in [0.2, 0.25) is 0 Å². The first-order chi connectivity index (χ1) is 13.3. The molecule has 0 spiro atoms. The summed E-state index contributed by atoms with van der Waals surface area (Å²) in [6, 6.07) is 0. The Balaban J connectivity index is 3.54. The zero-order valence-corrected chi connectivity index (χ0v) is 16.9. The highest BCUT2D eigenvalue weighted by molar-refractivity contribution is 5.69. The minimum atomic E-state index is -0.181. The van der Waals surface area contributed by atoms with E-state index < -0.39 is 0 Å². The monoisotopic (exact) mass is 371 g/mol. The van der Waals surface area contributed by atoms with Crippen LogP contribution >= 0.6 is 0 Å². The summed E-state index contributed by atoms with van der Waals surface area (Å²) in [5.41, 5.74) is 5.27. The van der Waals surface area contributed by atoms with Crippen LogP contribution < -0.4 is 5.73 Å². The lowest BCUT2D eigenvalue weighted by atomic mass is 10.2. The van der Waals surface area contributed by atoms with E-state index in [1.165, 1.54) is 0 Å². The minimum absolute atomic E-state index is 0.181. The number of allylic oxidation sites excluding steroid dienone is 12. The Morgan fingerprint density at radius 2 is 1.11 bits per heavy atom. The molecular weight excluding hydrogens is 334 g/mol. The molecule has 0 radical (unpaired) electrons. The molecule has 3 heteroatoms. The molecule has 0 saturated carbocycles. The van der Waals surface area contributed by atoms with Gasteiger partial charge in [-0.1, -0.05) is 79.8 Å². The van der Waals surface area contributed by atoms with E-state index in [-0.39, 0.29) is 5.97 Å². The van der Waals surface area contributed by atoms with Crippen LogP contribution in [0.4, 0.5) is 0 Å². The Labute approximate surface area is 166 Å². The molecule has 0 atom stereocenters. The second-order valence-electron chi connectivity index (χ2n) is 5.96. The van der Waals surface area contributed by atoms with Gasteiger partial charge in [0.2, 0.25) is 0 Å². The van der Waals surface area contributed by atoms with Crippen molar-refractivity contribution >= 4 is 5.97 Å². The molecule has 0 rings (SSSR count). The zero-order chi connectivity index (χ0) is 19.8. The number of hydrogen-bond acceptors (Lipinski definition) is 3. The molecule has 0 aliphatic carbocycles. The van der Waals surface area contributed by atoms with Crippen LogP contribution in [0.5, 0.6) is 0 Å². The van der Waals surface area contributed by atoms with Crippen molar-refractivity contribution in [2.75, 3.05) is 13.2 Å². The molecule has 0 fully saturated rings. The molecule has 0 aliphatic heterocycles. The van der Waals surface area contributed by atoms with Gasteiger partial charge in [0.05, 0.1) is 0 Å². The summed E-state index contributed by atoms with van der Waals surface area (Å²) in [5, 5.41) is 0. The fourth-order valence-electron chi connectivity index (χ4n) is 2.09. The molecule has 0 bridgehead atoms. The number of nitrogens with two attached hydrogens (primary N) is 1. The molecule has 0 saturated heterocycles. The van der Waals surface area contributed by atoms with E-state index in [0.29, 0.717) is 26.0 Å². The van der Waals surface area contributed by atoms with Gasteiger partial charge >= 0.3 is 5.97 Å². The highest BCUT2D eigenvalue weighted by atomic mass is 16.5. The van der Waals surface area contributed by atoms with Crippen molar-refractivity contribution in [3.05, 3.63) is 72.9 Å². The lowest BCUT2D eigenvalue weighted by molar-refractivity contribution is -0.143. The molecule has 150 valence electrons. The van der Waals surface area contributed by atoms with E-state index in [0.717, 1.165) is 38.5 Å². The second-order valence-corrected chi connectivity index (χ2v) is 5.96. The molecule has 0 aromatic carbocycles. The zero-order valence-electron chi connectivity index (χ0n) is 16.9. The van der Waals surface area contributed by atoms with Crippen LogP contribution in [0.15, 0.2) is 72.9 Å². The lowest BCUT2D eigenvalue weighted by Crippen LogP contribution is -2.12. The summed E-state index contributed by atoms with van der Waals surface area (Å²) in [7, 11) is 0. The predicted molar refractivity (Wildman–Crippen MR) is 117 cm³/mol. The summed E-state index contributed by atoms with van der Waals surface area (Å²) in [6.07, 6.45) is 33.1. The van der Waals surface area contributed by atoms with Crippen LogP contribution in [0.3, 0.4) is 0 Å². The van der Waals surface area contributed by atoms with Gasteiger partial charge < -0.3 is 10.5 Å².